The zero-order chi connectivity index (χ0) is 21.1. The first-order valence-corrected chi connectivity index (χ1v) is 11.4. The van der Waals surface area contributed by atoms with Crippen LogP contribution in [0.3, 0.4) is 0 Å². The first-order valence-electron chi connectivity index (χ1n) is 10.0. The van der Waals surface area contributed by atoms with Crippen LogP contribution < -0.4 is 10.1 Å². The van der Waals surface area contributed by atoms with Crippen LogP contribution in [0, 0.1) is 5.92 Å². The molecule has 12 heteroatoms. The molecule has 0 aliphatic carbocycles. The van der Waals surface area contributed by atoms with Crippen molar-refractivity contribution in [3.63, 3.8) is 0 Å². The predicted octanol–water partition coefficient (Wildman–Crippen LogP) is 0.994. The SMILES string of the molecule is CCCOc1c(-c2cn[nH]c2)ncc2nc(N[C@H]3CCN(C[SH](=O)=O)C[C@H]3C)nn12. The van der Waals surface area contributed by atoms with Gasteiger partial charge in [0.05, 0.1) is 24.9 Å². The lowest BCUT2D eigenvalue weighted by Crippen LogP contribution is -2.45. The largest absolute Gasteiger partial charge is 0.476 e. The molecule has 1 saturated heterocycles. The van der Waals surface area contributed by atoms with Gasteiger partial charge in [-0.25, -0.2) is 13.4 Å². The Hall–Kier alpha value is -2.73. The van der Waals surface area contributed by atoms with E-state index in [0.717, 1.165) is 24.9 Å². The molecule has 0 spiro atoms. The molecule has 2 atom stereocenters. The summed E-state index contributed by atoms with van der Waals surface area (Å²) in [7, 11) is -2.40. The number of nitrogens with one attached hydrogen (secondary N) is 2. The van der Waals surface area contributed by atoms with Crippen molar-refractivity contribution in [2.75, 3.05) is 30.9 Å². The predicted molar refractivity (Wildman–Crippen MR) is 112 cm³/mol. The molecule has 4 heterocycles. The van der Waals surface area contributed by atoms with Crippen molar-refractivity contribution in [2.24, 2.45) is 5.92 Å². The van der Waals surface area contributed by atoms with Crippen LogP contribution in [0.2, 0.25) is 0 Å². The van der Waals surface area contributed by atoms with Gasteiger partial charge in [0.2, 0.25) is 11.8 Å². The lowest BCUT2D eigenvalue weighted by Gasteiger charge is -2.35. The van der Waals surface area contributed by atoms with E-state index in [2.05, 4.69) is 37.5 Å². The first-order chi connectivity index (χ1) is 14.5. The lowest BCUT2D eigenvalue weighted by atomic mass is 9.94. The molecule has 30 heavy (non-hydrogen) atoms. The van der Waals surface area contributed by atoms with Gasteiger partial charge in [-0.15, -0.1) is 5.10 Å². The van der Waals surface area contributed by atoms with Gasteiger partial charge >= 0.3 is 0 Å². The molecular formula is C18H26N8O3S. The molecule has 1 aliphatic heterocycles. The highest BCUT2D eigenvalue weighted by Gasteiger charge is 2.27. The third-order valence-electron chi connectivity index (χ3n) is 5.17. The van der Waals surface area contributed by atoms with Gasteiger partial charge in [0.15, 0.2) is 16.4 Å². The van der Waals surface area contributed by atoms with Gasteiger partial charge in [0.25, 0.3) is 0 Å². The smallest absolute Gasteiger partial charge is 0.244 e. The molecule has 162 valence electrons. The van der Waals surface area contributed by atoms with E-state index in [1.54, 1.807) is 23.1 Å². The van der Waals surface area contributed by atoms with Crippen LogP contribution in [0.1, 0.15) is 26.7 Å². The number of thiol groups is 1. The highest BCUT2D eigenvalue weighted by atomic mass is 32.2. The summed E-state index contributed by atoms with van der Waals surface area (Å²) >= 11 is 0. The van der Waals surface area contributed by atoms with Crippen LogP contribution in [0.4, 0.5) is 5.95 Å². The molecule has 1 aliphatic rings. The van der Waals surface area contributed by atoms with Gasteiger partial charge in [-0.3, -0.25) is 10.00 Å². The highest BCUT2D eigenvalue weighted by molar-refractivity contribution is 7.72. The van der Waals surface area contributed by atoms with Gasteiger partial charge < -0.3 is 10.1 Å². The fourth-order valence-corrected chi connectivity index (χ4v) is 4.29. The Morgan fingerprint density at radius 3 is 2.93 bits per heavy atom. The second-order valence-corrected chi connectivity index (χ2v) is 8.47. The Bertz CT molecular complexity index is 1060. The number of piperidine rings is 1. The number of anilines is 1. The van der Waals surface area contributed by atoms with E-state index in [9.17, 15) is 8.42 Å². The van der Waals surface area contributed by atoms with Crippen LogP contribution >= 0.6 is 0 Å². The molecular weight excluding hydrogens is 408 g/mol. The zero-order valence-electron chi connectivity index (χ0n) is 17.0. The van der Waals surface area contributed by atoms with Crippen LogP contribution in [-0.2, 0) is 10.7 Å². The molecule has 2 N–H and O–H groups in total. The lowest BCUT2D eigenvalue weighted by molar-refractivity contribution is 0.196. The van der Waals surface area contributed by atoms with Crippen molar-refractivity contribution >= 4 is 22.3 Å². The van der Waals surface area contributed by atoms with Crippen molar-refractivity contribution < 1.29 is 13.2 Å². The van der Waals surface area contributed by atoms with E-state index in [1.165, 1.54) is 0 Å². The van der Waals surface area contributed by atoms with Gasteiger partial charge in [-0.1, -0.05) is 13.8 Å². The summed E-state index contributed by atoms with van der Waals surface area (Å²) < 4.78 is 29.6. The Kier molecular flexibility index (Phi) is 6.13. The average molecular weight is 435 g/mol. The number of fused-ring (bicyclic) bond motifs is 1. The van der Waals surface area contributed by atoms with Crippen molar-refractivity contribution in [1.82, 2.24) is 34.7 Å². The fourth-order valence-electron chi connectivity index (χ4n) is 3.71. The Labute approximate surface area is 175 Å². The molecule has 3 aromatic heterocycles. The van der Waals surface area contributed by atoms with Crippen molar-refractivity contribution in [1.29, 1.82) is 0 Å². The number of rotatable bonds is 8. The summed E-state index contributed by atoms with van der Waals surface area (Å²) in [5.41, 5.74) is 2.05. The molecule has 0 radical (unpaired) electrons. The van der Waals surface area contributed by atoms with Gasteiger partial charge in [-0.2, -0.15) is 14.6 Å². The minimum Gasteiger partial charge on any atom is -0.476 e. The Balaban J connectivity index is 1.57. The van der Waals surface area contributed by atoms with Gasteiger partial charge in [-0.05, 0) is 18.8 Å². The van der Waals surface area contributed by atoms with Crippen molar-refractivity contribution in [3.8, 4) is 17.1 Å². The van der Waals surface area contributed by atoms with E-state index < -0.39 is 10.7 Å². The average Bonchev–Trinajstić information content (AvgIpc) is 3.37. The van der Waals surface area contributed by atoms with Gasteiger partial charge in [0, 0.05) is 30.9 Å². The maximum Gasteiger partial charge on any atom is 0.244 e. The number of hydrogen-bond donors (Lipinski definition) is 3. The summed E-state index contributed by atoms with van der Waals surface area (Å²) in [4.78, 5) is 11.0. The number of hydrogen-bond acceptors (Lipinski definition) is 9. The standard InChI is InChI=1S/C18H26N8O3S/c1-3-6-29-17-16(13-7-20-21-8-13)19-9-15-23-18(24-26(15)17)22-14-4-5-25(10-12(14)2)11-30(27)28/h7-9,12,14,30H,3-6,10-11H2,1-2H3,(H,20,21)(H,22,24)/t12-,14+/m1/s1. The van der Waals surface area contributed by atoms with Gasteiger partial charge in [0.1, 0.15) is 5.69 Å². The maximum absolute atomic E-state index is 11.0. The van der Waals surface area contributed by atoms with E-state index in [0.29, 0.717) is 36.3 Å². The molecule has 1 fully saturated rings. The summed E-state index contributed by atoms with van der Waals surface area (Å²) in [6.45, 7) is 6.11. The molecule has 3 aromatic rings. The number of aromatic amines is 1. The summed E-state index contributed by atoms with van der Waals surface area (Å²) in [6, 6.07) is 0.157. The topological polar surface area (TPSA) is 130 Å². The molecule has 0 saturated carbocycles. The third kappa shape index (κ3) is 4.38. The highest BCUT2D eigenvalue weighted by Crippen LogP contribution is 2.28. The summed E-state index contributed by atoms with van der Waals surface area (Å²) in [5, 5.41) is 14.8. The summed E-state index contributed by atoms with van der Waals surface area (Å²) in [5.74, 6) is 1.40. The normalized spacial score (nSPS) is 20.1. The van der Waals surface area contributed by atoms with Crippen LogP contribution in [0.25, 0.3) is 16.9 Å². The first kappa shape index (κ1) is 20.5. The molecule has 0 bridgehead atoms. The molecule has 0 unspecified atom stereocenters. The third-order valence-corrected chi connectivity index (χ3v) is 5.80. The maximum atomic E-state index is 11.0. The van der Waals surface area contributed by atoms with Crippen molar-refractivity contribution in [3.05, 3.63) is 18.6 Å². The van der Waals surface area contributed by atoms with E-state index in [1.807, 2.05) is 11.8 Å². The number of ether oxygens (including phenoxy) is 1. The molecule has 4 rings (SSSR count). The van der Waals surface area contributed by atoms with Crippen LogP contribution in [0.15, 0.2) is 18.6 Å². The minimum atomic E-state index is -2.40. The van der Waals surface area contributed by atoms with E-state index in [4.69, 9.17) is 4.74 Å². The zero-order valence-corrected chi connectivity index (χ0v) is 17.9. The molecule has 11 nitrogen and oxygen atoms in total. The second kappa shape index (κ2) is 8.96. The van der Waals surface area contributed by atoms with Crippen molar-refractivity contribution in [2.45, 2.75) is 32.7 Å². The molecule has 0 amide bonds. The monoisotopic (exact) mass is 434 g/mol. The Morgan fingerprint density at radius 1 is 1.37 bits per heavy atom. The summed E-state index contributed by atoms with van der Waals surface area (Å²) in [6.07, 6.45) is 6.78. The second-order valence-electron chi connectivity index (χ2n) is 7.52. The van der Waals surface area contributed by atoms with Crippen LogP contribution in [-0.4, -0.2) is 74.7 Å². The van der Waals surface area contributed by atoms with Crippen LogP contribution in [0.5, 0.6) is 5.88 Å². The van der Waals surface area contributed by atoms with E-state index in [-0.39, 0.29) is 17.8 Å². The molecule has 0 aromatic carbocycles. The number of H-pyrrole nitrogens is 1. The number of aromatic nitrogens is 6. The number of nitrogens with zero attached hydrogens (tertiary/aromatic N) is 6. The fraction of sp³-hybridized carbons (Fsp3) is 0.556. The Morgan fingerprint density at radius 2 is 2.23 bits per heavy atom. The minimum absolute atomic E-state index is 0.111. The quantitative estimate of drug-likeness (QED) is 0.444. The number of likely N-dealkylation sites (tertiary alicyclic amines) is 1. The van der Waals surface area contributed by atoms with E-state index >= 15 is 0 Å².